The molecular formula is C18H16N2O3. The number of fused-ring (bicyclic) bond motifs is 2. The number of hydrogen-bond acceptors (Lipinski definition) is 4. The second-order valence-electron chi connectivity index (χ2n) is 5.61. The summed E-state index contributed by atoms with van der Waals surface area (Å²) in [4.78, 5) is 16.7. The highest BCUT2D eigenvalue weighted by Gasteiger charge is 2.44. The van der Waals surface area contributed by atoms with E-state index in [1.54, 1.807) is 7.11 Å². The molecule has 3 atom stereocenters. The second kappa shape index (κ2) is 5.43. The third kappa shape index (κ3) is 2.25. The van der Waals surface area contributed by atoms with E-state index in [1.165, 1.54) is 6.34 Å². The Morgan fingerprint density at radius 3 is 2.70 bits per heavy atom. The summed E-state index contributed by atoms with van der Waals surface area (Å²) in [5.74, 6) is 1.01. The molecule has 0 aromatic heterocycles. The van der Waals surface area contributed by atoms with Crippen molar-refractivity contribution in [2.24, 2.45) is 10.9 Å². The van der Waals surface area contributed by atoms with E-state index in [9.17, 15) is 4.79 Å². The van der Waals surface area contributed by atoms with Gasteiger partial charge in [0.15, 0.2) is 0 Å². The molecule has 0 saturated heterocycles. The summed E-state index contributed by atoms with van der Waals surface area (Å²) in [6.45, 7) is 0. The summed E-state index contributed by atoms with van der Waals surface area (Å²) in [6, 6.07) is 15.6. The van der Waals surface area contributed by atoms with Gasteiger partial charge in [-0.15, -0.1) is 0 Å². The Kier molecular flexibility index (Phi) is 3.26. The normalized spacial score (nSPS) is 24.9. The van der Waals surface area contributed by atoms with Gasteiger partial charge >= 0.3 is 0 Å². The van der Waals surface area contributed by atoms with Crippen LogP contribution in [0.4, 0.5) is 0 Å². The van der Waals surface area contributed by atoms with Crippen molar-refractivity contribution in [3.8, 4) is 11.5 Å². The standard InChI is InChI=1S/C18H16N2O3/c1-22-12-8-6-11(7-9-12)15-13-4-2-3-5-14(13)23-18-16(15)17(21)19-10-20-18/h2-10,15-16,18H,1H3,(H,19,20,21). The van der Waals surface area contributed by atoms with Crippen LogP contribution in [0.1, 0.15) is 17.0 Å². The minimum Gasteiger partial charge on any atom is -0.497 e. The fourth-order valence-electron chi connectivity index (χ4n) is 3.28. The smallest absolute Gasteiger partial charge is 0.234 e. The number of nitrogens with zero attached hydrogens (tertiary/aromatic N) is 1. The predicted octanol–water partition coefficient (Wildman–Crippen LogP) is 2.32. The van der Waals surface area contributed by atoms with Gasteiger partial charge in [-0.1, -0.05) is 30.3 Å². The van der Waals surface area contributed by atoms with Crippen LogP contribution in [-0.2, 0) is 4.79 Å². The minimum atomic E-state index is -0.495. The van der Waals surface area contributed by atoms with E-state index in [2.05, 4.69) is 10.3 Å². The lowest BCUT2D eigenvalue weighted by atomic mass is 9.77. The van der Waals surface area contributed by atoms with E-state index < -0.39 is 6.23 Å². The van der Waals surface area contributed by atoms with Crippen LogP contribution in [0.5, 0.6) is 11.5 Å². The van der Waals surface area contributed by atoms with Crippen LogP contribution in [0, 0.1) is 5.92 Å². The van der Waals surface area contributed by atoms with Crippen LogP contribution in [-0.4, -0.2) is 25.6 Å². The summed E-state index contributed by atoms with van der Waals surface area (Å²) in [5.41, 5.74) is 2.05. The average Bonchev–Trinajstić information content (AvgIpc) is 2.60. The maximum absolute atomic E-state index is 12.4. The molecule has 0 spiro atoms. The fourth-order valence-corrected chi connectivity index (χ4v) is 3.28. The Morgan fingerprint density at radius 2 is 1.91 bits per heavy atom. The molecule has 2 aromatic rings. The minimum absolute atomic E-state index is 0.0691. The molecular weight excluding hydrogens is 292 g/mol. The number of carbonyl (C=O) groups is 1. The highest BCUT2D eigenvalue weighted by Crippen LogP contribution is 2.45. The lowest BCUT2D eigenvalue weighted by Crippen LogP contribution is -2.48. The number of carbonyl (C=O) groups excluding carboxylic acids is 1. The van der Waals surface area contributed by atoms with E-state index in [1.807, 2.05) is 48.5 Å². The number of nitrogens with one attached hydrogen (secondary N) is 1. The SMILES string of the molecule is COc1ccc(C2c3ccccc3OC3N=CNC(=O)C32)cc1. The zero-order chi connectivity index (χ0) is 15.8. The van der Waals surface area contributed by atoms with Crippen molar-refractivity contribution in [1.29, 1.82) is 0 Å². The summed E-state index contributed by atoms with van der Waals surface area (Å²) < 4.78 is 11.1. The van der Waals surface area contributed by atoms with Gasteiger partial charge in [0.05, 0.1) is 13.4 Å². The topological polar surface area (TPSA) is 59.9 Å². The van der Waals surface area contributed by atoms with E-state index >= 15 is 0 Å². The van der Waals surface area contributed by atoms with Gasteiger partial charge in [0.25, 0.3) is 0 Å². The van der Waals surface area contributed by atoms with Crippen molar-refractivity contribution in [1.82, 2.24) is 5.32 Å². The molecule has 23 heavy (non-hydrogen) atoms. The molecule has 2 aliphatic rings. The van der Waals surface area contributed by atoms with Crippen molar-refractivity contribution < 1.29 is 14.3 Å². The van der Waals surface area contributed by atoms with Gasteiger partial charge < -0.3 is 14.8 Å². The summed E-state index contributed by atoms with van der Waals surface area (Å²) >= 11 is 0. The van der Waals surface area contributed by atoms with Gasteiger partial charge in [0.2, 0.25) is 12.1 Å². The number of ether oxygens (including phenoxy) is 2. The Morgan fingerprint density at radius 1 is 1.13 bits per heavy atom. The molecule has 2 aliphatic heterocycles. The maximum atomic E-state index is 12.4. The third-order valence-corrected chi connectivity index (χ3v) is 4.37. The number of aliphatic imine (C=N–C) groups is 1. The first-order valence-corrected chi connectivity index (χ1v) is 7.49. The molecule has 5 nitrogen and oxygen atoms in total. The monoisotopic (exact) mass is 308 g/mol. The molecule has 0 bridgehead atoms. The van der Waals surface area contributed by atoms with E-state index in [-0.39, 0.29) is 17.7 Å². The highest BCUT2D eigenvalue weighted by molar-refractivity contribution is 5.93. The zero-order valence-electron chi connectivity index (χ0n) is 12.6. The molecule has 2 heterocycles. The first-order valence-electron chi connectivity index (χ1n) is 7.49. The number of para-hydroxylation sites is 1. The number of hydrogen-bond donors (Lipinski definition) is 1. The molecule has 4 rings (SSSR count). The van der Waals surface area contributed by atoms with Crippen LogP contribution < -0.4 is 14.8 Å². The third-order valence-electron chi connectivity index (χ3n) is 4.37. The number of methoxy groups -OCH3 is 1. The molecule has 3 unspecified atom stereocenters. The Labute approximate surface area is 134 Å². The lowest BCUT2D eigenvalue weighted by Gasteiger charge is -2.38. The van der Waals surface area contributed by atoms with Gasteiger partial charge in [0.1, 0.15) is 17.4 Å². The van der Waals surface area contributed by atoms with Crippen LogP contribution in [0.25, 0.3) is 0 Å². The Balaban J connectivity index is 1.85. The first kappa shape index (κ1) is 13.8. The Hall–Kier alpha value is -2.82. The van der Waals surface area contributed by atoms with E-state index in [4.69, 9.17) is 9.47 Å². The van der Waals surface area contributed by atoms with Gasteiger partial charge in [0, 0.05) is 11.5 Å². The molecule has 5 heteroatoms. The van der Waals surface area contributed by atoms with E-state index in [0.29, 0.717) is 0 Å². The number of benzene rings is 2. The zero-order valence-corrected chi connectivity index (χ0v) is 12.6. The molecule has 0 fully saturated rings. The van der Waals surface area contributed by atoms with Crippen molar-refractivity contribution in [2.45, 2.75) is 12.1 Å². The molecule has 1 amide bonds. The highest BCUT2D eigenvalue weighted by atomic mass is 16.5. The largest absolute Gasteiger partial charge is 0.497 e. The molecule has 0 saturated carbocycles. The van der Waals surface area contributed by atoms with E-state index in [0.717, 1.165) is 22.6 Å². The van der Waals surface area contributed by atoms with Crippen LogP contribution >= 0.6 is 0 Å². The molecule has 2 aromatic carbocycles. The molecule has 116 valence electrons. The summed E-state index contributed by atoms with van der Waals surface area (Å²) in [5, 5.41) is 2.70. The van der Waals surface area contributed by atoms with Gasteiger partial charge in [-0.2, -0.15) is 0 Å². The van der Waals surface area contributed by atoms with Crippen molar-refractivity contribution in [2.75, 3.05) is 7.11 Å². The maximum Gasteiger partial charge on any atom is 0.234 e. The van der Waals surface area contributed by atoms with Crippen LogP contribution in [0.2, 0.25) is 0 Å². The quantitative estimate of drug-likeness (QED) is 0.926. The van der Waals surface area contributed by atoms with Gasteiger partial charge in [-0.05, 0) is 23.8 Å². The lowest BCUT2D eigenvalue weighted by molar-refractivity contribution is -0.128. The Bertz CT molecular complexity index is 770. The van der Waals surface area contributed by atoms with Crippen LogP contribution in [0.3, 0.4) is 0 Å². The summed E-state index contributed by atoms with van der Waals surface area (Å²) in [7, 11) is 1.64. The summed E-state index contributed by atoms with van der Waals surface area (Å²) in [6.07, 6.45) is 0.924. The van der Waals surface area contributed by atoms with Gasteiger partial charge in [-0.25, -0.2) is 4.99 Å². The van der Waals surface area contributed by atoms with Crippen molar-refractivity contribution >= 4 is 12.2 Å². The fraction of sp³-hybridized carbons (Fsp3) is 0.222. The predicted molar refractivity (Wildman–Crippen MR) is 85.8 cm³/mol. The van der Waals surface area contributed by atoms with Crippen molar-refractivity contribution in [3.05, 3.63) is 59.7 Å². The first-order chi connectivity index (χ1) is 11.3. The molecule has 0 aliphatic carbocycles. The number of rotatable bonds is 2. The second-order valence-corrected chi connectivity index (χ2v) is 5.61. The molecule has 1 N–H and O–H groups in total. The molecule has 0 radical (unpaired) electrons. The van der Waals surface area contributed by atoms with Crippen LogP contribution in [0.15, 0.2) is 53.5 Å². The van der Waals surface area contributed by atoms with Gasteiger partial charge in [-0.3, -0.25) is 4.79 Å². The number of amides is 1. The average molecular weight is 308 g/mol. The van der Waals surface area contributed by atoms with Crippen molar-refractivity contribution in [3.63, 3.8) is 0 Å².